The van der Waals surface area contributed by atoms with Gasteiger partial charge in [-0.15, -0.1) is 0 Å². The molecule has 0 unspecified atom stereocenters. The van der Waals surface area contributed by atoms with E-state index in [4.69, 9.17) is 0 Å². The average molecular weight is 411 g/mol. The normalized spacial score (nSPS) is 23.3. The second kappa shape index (κ2) is 8.45. The van der Waals surface area contributed by atoms with Gasteiger partial charge in [0.1, 0.15) is 11.6 Å². The molecule has 6 nitrogen and oxygen atoms in total. The summed E-state index contributed by atoms with van der Waals surface area (Å²) in [6.45, 7) is 2.84. The zero-order chi connectivity index (χ0) is 21.1. The Balaban J connectivity index is 1.61. The van der Waals surface area contributed by atoms with E-state index in [1.165, 1.54) is 25.7 Å². The molecule has 0 aromatic carbocycles. The first-order valence-corrected chi connectivity index (χ1v) is 10.9. The Morgan fingerprint density at radius 3 is 2.28 bits per heavy atom. The molecule has 8 heteroatoms. The number of carbonyl (C=O) groups is 2. The van der Waals surface area contributed by atoms with Gasteiger partial charge in [0.15, 0.2) is 0 Å². The van der Waals surface area contributed by atoms with Crippen molar-refractivity contribution in [2.45, 2.75) is 95.1 Å². The number of urea groups is 1. The summed E-state index contributed by atoms with van der Waals surface area (Å²) in [5, 5.41) is 14.3. The lowest BCUT2D eigenvalue weighted by Crippen LogP contribution is -2.56. The summed E-state index contributed by atoms with van der Waals surface area (Å²) in [5.41, 5.74) is -0.618. The number of hydrogen-bond donors (Lipinski definition) is 2. The van der Waals surface area contributed by atoms with E-state index in [9.17, 15) is 23.6 Å². The second-order valence-corrected chi connectivity index (χ2v) is 9.19. The Morgan fingerprint density at radius 1 is 1.14 bits per heavy atom. The van der Waals surface area contributed by atoms with Crippen LogP contribution in [0.25, 0.3) is 0 Å². The molecule has 1 aliphatic heterocycles. The minimum atomic E-state index is -3.05. The first kappa shape index (κ1) is 21.8. The highest BCUT2D eigenvalue weighted by Gasteiger charge is 2.47. The molecule has 0 aromatic heterocycles. The highest BCUT2D eigenvalue weighted by atomic mass is 19.3. The third kappa shape index (κ3) is 5.37. The van der Waals surface area contributed by atoms with E-state index in [2.05, 4.69) is 10.6 Å². The van der Waals surface area contributed by atoms with Crippen LogP contribution in [0.2, 0.25) is 0 Å². The van der Waals surface area contributed by atoms with Gasteiger partial charge in [-0.05, 0) is 43.9 Å². The number of carbonyl (C=O) groups excluding carboxylic acids is 2. The number of nitriles is 1. The molecule has 2 saturated carbocycles. The molecule has 1 atom stereocenters. The first-order valence-electron chi connectivity index (χ1n) is 10.9. The summed E-state index contributed by atoms with van der Waals surface area (Å²) in [5.74, 6) is -3.75. The minimum absolute atomic E-state index is 0.283. The van der Waals surface area contributed by atoms with Crippen LogP contribution in [0.3, 0.4) is 0 Å². The molecule has 162 valence electrons. The number of hydrogen-bond acceptors (Lipinski definition) is 3. The van der Waals surface area contributed by atoms with E-state index in [0.29, 0.717) is 31.3 Å². The van der Waals surface area contributed by atoms with Crippen LogP contribution in [0.1, 0.15) is 77.6 Å². The monoisotopic (exact) mass is 410 g/mol. The Labute approximate surface area is 171 Å². The lowest BCUT2D eigenvalue weighted by atomic mass is 9.77. The Bertz CT molecular complexity index is 656. The number of halogens is 2. The van der Waals surface area contributed by atoms with Gasteiger partial charge in [0.25, 0.3) is 5.92 Å². The van der Waals surface area contributed by atoms with Crippen molar-refractivity contribution in [1.82, 2.24) is 15.5 Å². The van der Waals surface area contributed by atoms with E-state index in [-0.39, 0.29) is 12.8 Å². The van der Waals surface area contributed by atoms with Crippen LogP contribution in [-0.4, -0.2) is 47.4 Å². The van der Waals surface area contributed by atoms with E-state index in [1.54, 1.807) is 11.8 Å². The van der Waals surface area contributed by atoms with Gasteiger partial charge in [0, 0.05) is 25.9 Å². The lowest BCUT2D eigenvalue weighted by Gasteiger charge is -2.39. The van der Waals surface area contributed by atoms with Crippen LogP contribution >= 0.6 is 0 Å². The molecule has 0 aromatic rings. The van der Waals surface area contributed by atoms with Crippen LogP contribution in [0.5, 0.6) is 0 Å². The maximum Gasteiger partial charge on any atom is 0.318 e. The van der Waals surface area contributed by atoms with Crippen molar-refractivity contribution in [2.24, 2.45) is 5.41 Å². The third-order valence-corrected chi connectivity index (χ3v) is 6.83. The van der Waals surface area contributed by atoms with Crippen molar-refractivity contribution in [3.05, 3.63) is 0 Å². The summed E-state index contributed by atoms with van der Waals surface area (Å²) in [7, 11) is 0. The smallest absolute Gasteiger partial charge is 0.318 e. The second-order valence-electron chi connectivity index (χ2n) is 9.19. The molecule has 0 bridgehead atoms. The molecular formula is C21H32F2N4O2. The van der Waals surface area contributed by atoms with Crippen molar-refractivity contribution in [1.29, 1.82) is 5.26 Å². The van der Waals surface area contributed by atoms with E-state index in [1.807, 2.05) is 6.07 Å². The molecule has 2 N–H and O–H groups in total. The summed E-state index contributed by atoms with van der Waals surface area (Å²) < 4.78 is 28.5. The van der Waals surface area contributed by atoms with E-state index in [0.717, 1.165) is 12.8 Å². The summed E-state index contributed by atoms with van der Waals surface area (Å²) in [6, 6.07) is 0.213. The first-order chi connectivity index (χ1) is 13.7. The van der Waals surface area contributed by atoms with Crippen LogP contribution in [0.15, 0.2) is 0 Å². The predicted molar refractivity (Wildman–Crippen MR) is 104 cm³/mol. The highest BCUT2D eigenvalue weighted by Crippen LogP contribution is 2.46. The van der Waals surface area contributed by atoms with Gasteiger partial charge < -0.3 is 15.5 Å². The lowest BCUT2D eigenvalue weighted by molar-refractivity contribution is -0.126. The number of likely N-dealkylation sites (tertiary alicyclic amines) is 1. The quantitative estimate of drug-likeness (QED) is 0.671. The molecular weight excluding hydrogens is 378 g/mol. The molecule has 3 aliphatic rings. The summed E-state index contributed by atoms with van der Waals surface area (Å²) in [6.07, 6.45) is 6.95. The zero-order valence-corrected chi connectivity index (χ0v) is 17.2. The fourth-order valence-corrected chi connectivity index (χ4v) is 4.74. The molecule has 1 spiro atoms. The number of nitrogens with zero attached hydrogens (tertiary/aromatic N) is 2. The molecule has 3 fully saturated rings. The maximum absolute atomic E-state index is 14.2. The number of rotatable bonds is 7. The van der Waals surface area contributed by atoms with Crippen molar-refractivity contribution >= 4 is 11.9 Å². The molecule has 3 amide bonds. The topological polar surface area (TPSA) is 85.2 Å². The molecule has 2 aliphatic carbocycles. The molecule has 1 saturated heterocycles. The SMILES string of the molecule is CCCC(F)(F)C[C@H](NC(=O)N1CCC2(CCCC2)CC1)C(=O)NC1(C#N)CC1. The average Bonchev–Trinajstić information content (AvgIpc) is 3.31. The predicted octanol–water partition coefficient (Wildman–Crippen LogP) is 3.72. The van der Waals surface area contributed by atoms with Crippen LogP contribution in [-0.2, 0) is 4.79 Å². The summed E-state index contributed by atoms with van der Waals surface area (Å²) in [4.78, 5) is 27.0. The van der Waals surface area contributed by atoms with Crippen LogP contribution in [0, 0.1) is 16.7 Å². The highest BCUT2D eigenvalue weighted by molar-refractivity contribution is 5.88. The largest absolute Gasteiger partial charge is 0.336 e. The standard InChI is InChI=1S/C21H32F2N4O2/c1-2-5-21(22,23)14-16(17(28)26-20(15-24)8-9-20)25-18(29)27-12-10-19(11-13-27)6-3-4-7-19/h16H,2-14H2,1H3,(H,25,29)(H,26,28)/t16-/m0/s1. The zero-order valence-electron chi connectivity index (χ0n) is 17.2. The molecule has 0 radical (unpaired) electrons. The Hall–Kier alpha value is -1.91. The fourth-order valence-electron chi connectivity index (χ4n) is 4.74. The van der Waals surface area contributed by atoms with Crippen molar-refractivity contribution < 1.29 is 18.4 Å². The van der Waals surface area contributed by atoms with Gasteiger partial charge in [0.2, 0.25) is 5.91 Å². The van der Waals surface area contributed by atoms with Crippen molar-refractivity contribution in [3.63, 3.8) is 0 Å². The van der Waals surface area contributed by atoms with Gasteiger partial charge in [-0.25, -0.2) is 13.6 Å². The van der Waals surface area contributed by atoms with Gasteiger partial charge in [-0.2, -0.15) is 5.26 Å². The van der Waals surface area contributed by atoms with E-state index < -0.39 is 35.9 Å². The van der Waals surface area contributed by atoms with Gasteiger partial charge in [0.05, 0.1) is 6.07 Å². The van der Waals surface area contributed by atoms with Gasteiger partial charge in [-0.1, -0.05) is 26.2 Å². The summed E-state index contributed by atoms with van der Waals surface area (Å²) >= 11 is 0. The minimum Gasteiger partial charge on any atom is -0.336 e. The van der Waals surface area contributed by atoms with Crippen LogP contribution < -0.4 is 10.6 Å². The molecule has 29 heavy (non-hydrogen) atoms. The van der Waals surface area contributed by atoms with E-state index >= 15 is 0 Å². The van der Waals surface area contributed by atoms with Crippen molar-refractivity contribution in [2.75, 3.05) is 13.1 Å². The van der Waals surface area contributed by atoms with Gasteiger partial charge in [-0.3, -0.25) is 4.79 Å². The number of amides is 3. The Kier molecular flexibility index (Phi) is 6.35. The van der Waals surface area contributed by atoms with Crippen molar-refractivity contribution in [3.8, 4) is 6.07 Å². The van der Waals surface area contributed by atoms with Gasteiger partial charge >= 0.3 is 6.03 Å². The van der Waals surface area contributed by atoms with Crippen LogP contribution in [0.4, 0.5) is 13.6 Å². The number of alkyl halides is 2. The third-order valence-electron chi connectivity index (χ3n) is 6.83. The molecule has 3 rings (SSSR count). The fraction of sp³-hybridized carbons (Fsp3) is 0.857. The maximum atomic E-state index is 14.2. The Morgan fingerprint density at radius 2 is 1.76 bits per heavy atom. The number of nitrogens with one attached hydrogen (secondary N) is 2. The molecule has 1 heterocycles. The number of piperidine rings is 1.